The van der Waals surface area contributed by atoms with E-state index in [1.807, 2.05) is 30.3 Å². The van der Waals surface area contributed by atoms with Crippen LogP contribution in [0.2, 0.25) is 0 Å². The Balaban J connectivity index is 2.24. The van der Waals surface area contributed by atoms with Gasteiger partial charge in [-0.3, -0.25) is 4.98 Å². The molecule has 5 heteroatoms. The SMILES string of the molecule is COc1cc(C(=O)O)cc(-c2cnc3ccccc3c2)c1O. The standard InChI is InChI=1S/C17H13NO4/c1-22-15-8-11(17(20)21)7-13(16(15)19)12-6-10-4-2-3-5-14(10)18-9-12/h2-9,19H,1H3,(H,20,21). The van der Waals surface area contributed by atoms with Gasteiger partial charge in [0.05, 0.1) is 18.2 Å². The fourth-order valence-corrected chi connectivity index (χ4v) is 2.33. The monoisotopic (exact) mass is 295 g/mol. The number of aromatic hydroxyl groups is 1. The van der Waals surface area contributed by atoms with E-state index >= 15 is 0 Å². The summed E-state index contributed by atoms with van der Waals surface area (Å²) in [6.45, 7) is 0. The van der Waals surface area contributed by atoms with Crippen LogP contribution < -0.4 is 4.74 Å². The summed E-state index contributed by atoms with van der Waals surface area (Å²) in [6.07, 6.45) is 1.60. The molecule has 0 aliphatic rings. The number of carboxylic acid groups (broad SMARTS) is 1. The van der Waals surface area contributed by atoms with Crippen LogP contribution in [0, 0.1) is 0 Å². The number of fused-ring (bicyclic) bond motifs is 1. The highest BCUT2D eigenvalue weighted by molar-refractivity contribution is 5.93. The van der Waals surface area contributed by atoms with Crippen LogP contribution in [0.3, 0.4) is 0 Å². The predicted molar refractivity (Wildman–Crippen MR) is 82.4 cm³/mol. The number of phenolic OH excluding ortho intramolecular Hbond substituents is 1. The first-order valence-corrected chi connectivity index (χ1v) is 6.59. The van der Waals surface area contributed by atoms with Crippen LogP contribution in [0.25, 0.3) is 22.0 Å². The first-order valence-electron chi connectivity index (χ1n) is 6.59. The van der Waals surface area contributed by atoms with Crippen molar-refractivity contribution in [3.05, 3.63) is 54.2 Å². The van der Waals surface area contributed by atoms with Crippen LogP contribution in [0.1, 0.15) is 10.4 Å². The minimum atomic E-state index is -1.09. The minimum absolute atomic E-state index is 0.0396. The third-order valence-corrected chi connectivity index (χ3v) is 3.44. The van der Waals surface area contributed by atoms with E-state index in [4.69, 9.17) is 4.74 Å². The topological polar surface area (TPSA) is 79.7 Å². The van der Waals surface area contributed by atoms with E-state index in [-0.39, 0.29) is 17.1 Å². The Bertz CT molecular complexity index is 874. The number of phenols is 1. The summed E-state index contributed by atoms with van der Waals surface area (Å²) in [5, 5.41) is 20.4. The van der Waals surface area contributed by atoms with E-state index in [9.17, 15) is 15.0 Å². The molecule has 0 bridgehead atoms. The number of benzene rings is 2. The van der Waals surface area contributed by atoms with Crippen LogP contribution >= 0.6 is 0 Å². The second-order valence-electron chi connectivity index (χ2n) is 4.80. The lowest BCUT2D eigenvalue weighted by Gasteiger charge is -2.11. The molecule has 0 saturated heterocycles. The van der Waals surface area contributed by atoms with Crippen molar-refractivity contribution >= 4 is 16.9 Å². The third kappa shape index (κ3) is 2.33. The number of rotatable bonds is 3. The van der Waals surface area contributed by atoms with Crippen molar-refractivity contribution in [2.45, 2.75) is 0 Å². The lowest BCUT2D eigenvalue weighted by molar-refractivity contribution is 0.0696. The van der Waals surface area contributed by atoms with Crippen LogP contribution in [-0.2, 0) is 0 Å². The molecule has 2 N–H and O–H groups in total. The van der Waals surface area contributed by atoms with Crippen LogP contribution in [0.4, 0.5) is 0 Å². The van der Waals surface area contributed by atoms with E-state index in [1.54, 1.807) is 6.20 Å². The summed E-state index contributed by atoms with van der Waals surface area (Å²) < 4.78 is 5.05. The molecule has 0 radical (unpaired) electrons. The first kappa shape index (κ1) is 13.9. The van der Waals surface area contributed by atoms with Gasteiger partial charge in [-0.25, -0.2) is 4.79 Å². The van der Waals surface area contributed by atoms with Crippen molar-refractivity contribution in [2.24, 2.45) is 0 Å². The van der Waals surface area contributed by atoms with Crippen molar-refractivity contribution in [1.29, 1.82) is 0 Å². The predicted octanol–water partition coefficient (Wildman–Crippen LogP) is 3.31. The number of ether oxygens (including phenoxy) is 1. The summed E-state index contributed by atoms with van der Waals surface area (Å²) in [5.74, 6) is -1.08. The molecule has 0 saturated carbocycles. The van der Waals surface area contributed by atoms with Gasteiger partial charge < -0.3 is 14.9 Å². The second kappa shape index (κ2) is 5.37. The number of para-hydroxylation sites is 1. The summed E-state index contributed by atoms with van der Waals surface area (Å²) in [6, 6.07) is 12.1. The number of nitrogens with zero attached hydrogens (tertiary/aromatic N) is 1. The molecule has 22 heavy (non-hydrogen) atoms. The molecule has 0 aliphatic heterocycles. The summed E-state index contributed by atoms with van der Waals surface area (Å²) in [5.41, 5.74) is 1.86. The third-order valence-electron chi connectivity index (χ3n) is 3.44. The zero-order chi connectivity index (χ0) is 15.7. The van der Waals surface area contributed by atoms with Crippen molar-refractivity contribution < 1.29 is 19.7 Å². The molecule has 0 aliphatic carbocycles. The molecule has 0 unspecified atom stereocenters. The van der Waals surface area contributed by atoms with Crippen LogP contribution in [0.15, 0.2) is 48.7 Å². The highest BCUT2D eigenvalue weighted by atomic mass is 16.5. The van der Waals surface area contributed by atoms with Gasteiger partial charge in [-0.1, -0.05) is 18.2 Å². The zero-order valence-electron chi connectivity index (χ0n) is 11.8. The largest absolute Gasteiger partial charge is 0.504 e. The van der Waals surface area contributed by atoms with E-state index < -0.39 is 5.97 Å². The van der Waals surface area contributed by atoms with Gasteiger partial charge in [-0.05, 0) is 24.3 Å². The average Bonchev–Trinajstić information content (AvgIpc) is 2.54. The molecular weight excluding hydrogens is 282 g/mol. The smallest absolute Gasteiger partial charge is 0.335 e. The Morgan fingerprint density at radius 2 is 1.95 bits per heavy atom. The van der Waals surface area contributed by atoms with Gasteiger partial charge in [0.15, 0.2) is 11.5 Å². The number of carboxylic acids is 1. The van der Waals surface area contributed by atoms with Crippen molar-refractivity contribution in [3.63, 3.8) is 0 Å². The number of aromatic nitrogens is 1. The molecule has 1 heterocycles. The Hall–Kier alpha value is -3.08. The highest BCUT2D eigenvalue weighted by Gasteiger charge is 2.16. The van der Waals surface area contributed by atoms with Crippen LogP contribution in [0.5, 0.6) is 11.5 Å². The van der Waals surface area contributed by atoms with Gasteiger partial charge in [0, 0.05) is 22.7 Å². The number of carbonyl (C=O) groups is 1. The van der Waals surface area contributed by atoms with Crippen molar-refractivity contribution in [2.75, 3.05) is 7.11 Å². The lowest BCUT2D eigenvalue weighted by atomic mass is 10.0. The molecular formula is C17H13NO4. The maximum Gasteiger partial charge on any atom is 0.335 e. The van der Waals surface area contributed by atoms with Gasteiger partial charge in [0.2, 0.25) is 0 Å². The first-order chi connectivity index (χ1) is 10.6. The molecule has 0 spiro atoms. The van der Waals surface area contributed by atoms with Crippen LogP contribution in [-0.4, -0.2) is 28.3 Å². The molecule has 5 nitrogen and oxygen atoms in total. The fraction of sp³-hybridized carbons (Fsp3) is 0.0588. The van der Waals surface area contributed by atoms with Gasteiger partial charge in [-0.15, -0.1) is 0 Å². The molecule has 1 aromatic heterocycles. The quantitative estimate of drug-likeness (QED) is 0.775. The number of pyridine rings is 1. The van der Waals surface area contributed by atoms with E-state index in [2.05, 4.69) is 4.98 Å². The molecule has 0 atom stereocenters. The van der Waals surface area contributed by atoms with E-state index in [0.29, 0.717) is 11.1 Å². The van der Waals surface area contributed by atoms with E-state index in [0.717, 1.165) is 10.9 Å². The number of hydrogen-bond donors (Lipinski definition) is 2. The summed E-state index contributed by atoms with van der Waals surface area (Å²) >= 11 is 0. The second-order valence-corrected chi connectivity index (χ2v) is 4.80. The molecule has 3 aromatic rings. The Kier molecular flexibility index (Phi) is 3.39. The van der Waals surface area contributed by atoms with Crippen molar-refractivity contribution in [1.82, 2.24) is 4.98 Å². The maximum atomic E-state index is 11.2. The Morgan fingerprint density at radius 3 is 2.68 bits per heavy atom. The fourth-order valence-electron chi connectivity index (χ4n) is 2.33. The normalized spacial score (nSPS) is 10.6. The molecule has 3 rings (SSSR count). The van der Waals surface area contributed by atoms with Gasteiger partial charge in [0.25, 0.3) is 0 Å². The van der Waals surface area contributed by atoms with Crippen molar-refractivity contribution in [3.8, 4) is 22.6 Å². The minimum Gasteiger partial charge on any atom is -0.504 e. The summed E-state index contributed by atoms with van der Waals surface area (Å²) in [4.78, 5) is 15.6. The lowest BCUT2D eigenvalue weighted by Crippen LogP contribution is -1.98. The van der Waals surface area contributed by atoms with Gasteiger partial charge in [0.1, 0.15) is 0 Å². The number of hydrogen-bond acceptors (Lipinski definition) is 4. The molecule has 110 valence electrons. The average molecular weight is 295 g/mol. The Labute approximate surface area is 126 Å². The molecule has 2 aromatic carbocycles. The molecule has 0 fully saturated rings. The number of aromatic carboxylic acids is 1. The molecule has 0 amide bonds. The summed E-state index contributed by atoms with van der Waals surface area (Å²) in [7, 11) is 1.38. The highest BCUT2D eigenvalue weighted by Crippen LogP contribution is 2.38. The van der Waals surface area contributed by atoms with Gasteiger partial charge in [-0.2, -0.15) is 0 Å². The zero-order valence-corrected chi connectivity index (χ0v) is 11.8. The Morgan fingerprint density at radius 1 is 1.18 bits per heavy atom. The number of methoxy groups -OCH3 is 1. The van der Waals surface area contributed by atoms with Gasteiger partial charge >= 0.3 is 5.97 Å². The van der Waals surface area contributed by atoms with E-state index in [1.165, 1.54) is 19.2 Å². The maximum absolute atomic E-state index is 11.2.